The molecular weight excluding hydrogens is 214 g/mol. The van der Waals surface area contributed by atoms with Crippen LogP contribution in [0.5, 0.6) is 0 Å². The van der Waals surface area contributed by atoms with E-state index in [1.54, 1.807) is 6.20 Å². The minimum absolute atomic E-state index is 0.385. The quantitative estimate of drug-likeness (QED) is 0.853. The summed E-state index contributed by atoms with van der Waals surface area (Å²) in [5.74, 6) is 0. The van der Waals surface area contributed by atoms with Gasteiger partial charge in [0.15, 0.2) is 0 Å². The van der Waals surface area contributed by atoms with Crippen LogP contribution in [0.15, 0.2) is 18.5 Å². The molecule has 1 N–H and O–H groups in total. The highest BCUT2D eigenvalue weighted by atomic mass is 16.5. The number of aromatic nitrogens is 1. The summed E-state index contributed by atoms with van der Waals surface area (Å²) in [5, 5.41) is 10.0. The third kappa shape index (κ3) is 3.79. The van der Waals surface area contributed by atoms with E-state index in [2.05, 4.69) is 4.98 Å². The van der Waals surface area contributed by atoms with Crippen molar-refractivity contribution < 1.29 is 9.84 Å². The number of rotatable bonds is 5. The maximum absolute atomic E-state index is 10.0. The van der Waals surface area contributed by atoms with Crippen LogP contribution in [0.2, 0.25) is 0 Å². The maximum Gasteiger partial charge on any atom is 0.0805 e. The van der Waals surface area contributed by atoms with Crippen molar-refractivity contribution in [2.45, 2.75) is 51.2 Å². The van der Waals surface area contributed by atoms with Crippen molar-refractivity contribution in [3.05, 3.63) is 29.6 Å². The van der Waals surface area contributed by atoms with Crippen molar-refractivity contribution in [2.75, 3.05) is 6.61 Å². The summed E-state index contributed by atoms with van der Waals surface area (Å²) in [6.45, 7) is 2.91. The van der Waals surface area contributed by atoms with Crippen molar-refractivity contribution in [3.63, 3.8) is 0 Å². The summed E-state index contributed by atoms with van der Waals surface area (Å²) >= 11 is 0. The van der Waals surface area contributed by atoms with Gasteiger partial charge in [0.05, 0.1) is 12.2 Å². The first-order chi connectivity index (χ1) is 8.25. The average Bonchev–Trinajstić information content (AvgIpc) is 2.82. The lowest BCUT2D eigenvalue weighted by atomic mass is 10.0. The highest BCUT2D eigenvalue weighted by Crippen LogP contribution is 2.23. The fourth-order valence-electron chi connectivity index (χ4n) is 2.34. The Morgan fingerprint density at radius 1 is 1.53 bits per heavy atom. The monoisotopic (exact) mass is 235 g/mol. The lowest BCUT2D eigenvalue weighted by molar-refractivity contribution is 0.0944. The zero-order valence-electron chi connectivity index (χ0n) is 10.4. The van der Waals surface area contributed by atoms with Gasteiger partial charge in [0, 0.05) is 19.0 Å². The number of aliphatic hydroxyl groups excluding tert-OH is 1. The normalized spacial score (nSPS) is 21.6. The van der Waals surface area contributed by atoms with Crippen molar-refractivity contribution in [3.8, 4) is 0 Å². The molecule has 0 radical (unpaired) electrons. The van der Waals surface area contributed by atoms with Crippen LogP contribution in [0.1, 0.15) is 49.3 Å². The van der Waals surface area contributed by atoms with Crippen LogP contribution in [0.3, 0.4) is 0 Å². The largest absolute Gasteiger partial charge is 0.388 e. The smallest absolute Gasteiger partial charge is 0.0805 e. The zero-order chi connectivity index (χ0) is 12.1. The molecule has 0 aromatic carbocycles. The van der Waals surface area contributed by atoms with Crippen LogP contribution in [0, 0.1) is 6.92 Å². The molecule has 1 fully saturated rings. The van der Waals surface area contributed by atoms with Gasteiger partial charge >= 0.3 is 0 Å². The molecule has 1 saturated heterocycles. The Labute approximate surface area is 103 Å². The highest BCUT2D eigenvalue weighted by molar-refractivity contribution is 5.18. The molecule has 2 heterocycles. The molecule has 94 valence electrons. The Morgan fingerprint density at radius 3 is 3.12 bits per heavy atom. The van der Waals surface area contributed by atoms with Crippen LogP contribution in [0.4, 0.5) is 0 Å². The van der Waals surface area contributed by atoms with Gasteiger partial charge in [0.1, 0.15) is 0 Å². The number of aryl methyl sites for hydroxylation is 1. The fourth-order valence-corrected chi connectivity index (χ4v) is 2.34. The number of ether oxygens (including phenoxy) is 1. The lowest BCUT2D eigenvalue weighted by Gasteiger charge is -2.13. The topological polar surface area (TPSA) is 42.4 Å². The molecule has 1 aliphatic heterocycles. The molecule has 3 heteroatoms. The zero-order valence-corrected chi connectivity index (χ0v) is 10.4. The highest BCUT2D eigenvalue weighted by Gasteiger charge is 2.16. The number of nitrogens with zero attached hydrogens (tertiary/aromatic N) is 1. The van der Waals surface area contributed by atoms with Crippen molar-refractivity contribution in [2.24, 2.45) is 0 Å². The van der Waals surface area contributed by atoms with Gasteiger partial charge in [-0.05, 0) is 50.2 Å². The second kappa shape index (κ2) is 6.12. The van der Waals surface area contributed by atoms with Gasteiger partial charge in [-0.3, -0.25) is 4.98 Å². The van der Waals surface area contributed by atoms with Crippen molar-refractivity contribution >= 4 is 0 Å². The molecule has 2 unspecified atom stereocenters. The fraction of sp³-hybridized carbons (Fsp3) is 0.643. The minimum atomic E-state index is -0.385. The number of hydrogen-bond acceptors (Lipinski definition) is 3. The first-order valence-corrected chi connectivity index (χ1v) is 6.47. The van der Waals surface area contributed by atoms with Gasteiger partial charge in [-0.15, -0.1) is 0 Å². The van der Waals surface area contributed by atoms with Crippen LogP contribution in [0.25, 0.3) is 0 Å². The van der Waals surface area contributed by atoms with E-state index in [0.717, 1.165) is 37.0 Å². The summed E-state index contributed by atoms with van der Waals surface area (Å²) in [7, 11) is 0. The van der Waals surface area contributed by atoms with Crippen molar-refractivity contribution in [1.82, 2.24) is 4.98 Å². The molecule has 0 spiro atoms. The Morgan fingerprint density at radius 2 is 2.41 bits per heavy atom. The van der Waals surface area contributed by atoms with Gasteiger partial charge < -0.3 is 9.84 Å². The Bertz CT molecular complexity index is 348. The summed E-state index contributed by atoms with van der Waals surface area (Å²) in [5.41, 5.74) is 2.03. The lowest BCUT2D eigenvalue weighted by Crippen LogP contribution is -2.06. The molecule has 17 heavy (non-hydrogen) atoms. The Kier molecular flexibility index (Phi) is 4.51. The molecule has 2 atom stereocenters. The summed E-state index contributed by atoms with van der Waals surface area (Å²) in [4.78, 5) is 4.11. The molecule has 0 saturated carbocycles. The first-order valence-electron chi connectivity index (χ1n) is 6.47. The van der Waals surface area contributed by atoms with Crippen LogP contribution in [-0.2, 0) is 4.74 Å². The van der Waals surface area contributed by atoms with E-state index < -0.39 is 0 Å². The maximum atomic E-state index is 10.0. The van der Waals surface area contributed by atoms with Gasteiger partial charge in [0.25, 0.3) is 0 Å². The molecule has 3 nitrogen and oxygen atoms in total. The second-order valence-electron chi connectivity index (χ2n) is 4.88. The van der Waals surface area contributed by atoms with E-state index in [0.29, 0.717) is 6.10 Å². The van der Waals surface area contributed by atoms with Crippen LogP contribution >= 0.6 is 0 Å². The standard InChI is InChI=1S/C14H21NO2/c1-11-8-12(10-15-9-11)14(16)6-2-4-13-5-3-7-17-13/h8-10,13-14,16H,2-7H2,1H3. The van der Waals surface area contributed by atoms with Gasteiger partial charge in [-0.1, -0.05) is 6.07 Å². The van der Waals surface area contributed by atoms with Gasteiger partial charge in [0.2, 0.25) is 0 Å². The predicted molar refractivity (Wildman–Crippen MR) is 66.8 cm³/mol. The van der Waals surface area contributed by atoms with E-state index in [-0.39, 0.29) is 6.10 Å². The van der Waals surface area contributed by atoms with Crippen molar-refractivity contribution in [1.29, 1.82) is 0 Å². The molecule has 0 aliphatic carbocycles. The third-order valence-electron chi connectivity index (χ3n) is 3.31. The Balaban J connectivity index is 1.74. The average molecular weight is 235 g/mol. The molecule has 2 rings (SSSR count). The molecule has 0 bridgehead atoms. The van der Waals surface area contributed by atoms with Crippen LogP contribution < -0.4 is 0 Å². The molecule has 1 aromatic rings. The minimum Gasteiger partial charge on any atom is -0.388 e. The van der Waals surface area contributed by atoms with E-state index >= 15 is 0 Å². The Hall–Kier alpha value is -0.930. The summed E-state index contributed by atoms with van der Waals surface area (Å²) in [6.07, 6.45) is 8.85. The summed E-state index contributed by atoms with van der Waals surface area (Å²) < 4.78 is 5.57. The SMILES string of the molecule is Cc1cncc(C(O)CCCC2CCCO2)c1. The van der Waals surface area contributed by atoms with Crippen LogP contribution in [-0.4, -0.2) is 22.8 Å². The van der Waals surface area contributed by atoms with E-state index in [1.807, 2.05) is 19.2 Å². The summed E-state index contributed by atoms with van der Waals surface area (Å²) in [6, 6.07) is 2.00. The first kappa shape index (κ1) is 12.5. The predicted octanol–water partition coefficient (Wildman–Crippen LogP) is 2.77. The molecular formula is C14H21NO2. The van der Waals surface area contributed by atoms with Gasteiger partial charge in [-0.2, -0.15) is 0 Å². The molecule has 1 aromatic heterocycles. The number of aliphatic hydroxyl groups is 1. The van der Waals surface area contributed by atoms with Gasteiger partial charge in [-0.25, -0.2) is 0 Å². The van der Waals surface area contributed by atoms with E-state index in [1.165, 1.54) is 12.8 Å². The molecule has 1 aliphatic rings. The van der Waals surface area contributed by atoms with E-state index in [9.17, 15) is 5.11 Å². The van der Waals surface area contributed by atoms with E-state index in [4.69, 9.17) is 4.74 Å². The number of pyridine rings is 1. The third-order valence-corrected chi connectivity index (χ3v) is 3.31. The number of hydrogen-bond donors (Lipinski definition) is 1. The second-order valence-corrected chi connectivity index (χ2v) is 4.88. The molecule has 0 amide bonds.